The number of methoxy groups -OCH3 is 1. The number of piperidine rings is 1. The number of nitrogens with zero attached hydrogens (tertiary/aromatic N) is 3. The molecule has 184 valence electrons. The first-order valence-corrected chi connectivity index (χ1v) is 13.2. The van der Waals surface area contributed by atoms with Crippen LogP contribution in [0.15, 0.2) is 42.6 Å². The van der Waals surface area contributed by atoms with Crippen LogP contribution < -0.4 is 4.74 Å². The average Bonchev–Trinajstić information content (AvgIpc) is 3.69. The Balaban J connectivity index is 1.46. The summed E-state index contributed by atoms with van der Waals surface area (Å²) < 4.78 is 5.65. The maximum absolute atomic E-state index is 12.7. The van der Waals surface area contributed by atoms with E-state index in [1.54, 1.807) is 7.11 Å². The van der Waals surface area contributed by atoms with Crippen molar-refractivity contribution < 1.29 is 9.84 Å². The van der Waals surface area contributed by atoms with Gasteiger partial charge in [-0.3, -0.25) is 9.88 Å². The van der Waals surface area contributed by atoms with Gasteiger partial charge in [-0.05, 0) is 100 Å². The second-order valence-electron chi connectivity index (χ2n) is 11.0. The molecule has 2 saturated heterocycles. The van der Waals surface area contributed by atoms with Crippen molar-refractivity contribution >= 4 is 0 Å². The lowest BCUT2D eigenvalue weighted by Crippen LogP contribution is -2.68. The highest BCUT2D eigenvalue weighted by atomic mass is 16.5. The van der Waals surface area contributed by atoms with Gasteiger partial charge in [0.2, 0.25) is 0 Å². The van der Waals surface area contributed by atoms with Gasteiger partial charge in [-0.25, -0.2) is 0 Å². The predicted molar refractivity (Wildman–Crippen MR) is 136 cm³/mol. The van der Waals surface area contributed by atoms with Crippen LogP contribution in [0.25, 0.3) is 0 Å². The zero-order valence-corrected chi connectivity index (χ0v) is 21.2. The number of benzene rings is 1. The van der Waals surface area contributed by atoms with Crippen molar-refractivity contribution in [2.75, 3.05) is 39.8 Å². The van der Waals surface area contributed by atoms with Crippen LogP contribution in [0.1, 0.15) is 55.8 Å². The molecule has 2 aliphatic heterocycles. The fourth-order valence-electron chi connectivity index (χ4n) is 6.70. The summed E-state index contributed by atoms with van der Waals surface area (Å²) in [6, 6.07) is 12.7. The fraction of sp³-hybridized carbons (Fsp3) is 0.621. The number of ether oxygens (including phenoxy) is 1. The van der Waals surface area contributed by atoms with E-state index in [1.165, 1.54) is 24.0 Å². The summed E-state index contributed by atoms with van der Waals surface area (Å²) in [6.07, 6.45) is 8.31. The summed E-state index contributed by atoms with van der Waals surface area (Å²) in [4.78, 5) is 9.67. The lowest BCUT2D eigenvalue weighted by Gasteiger charge is -2.58. The van der Waals surface area contributed by atoms with Crippen LogP contribution in [-0.4, -0.2) is 71.4 Å². The number of aliphatic hydroxyl groups is 1. The minimum absolute atomic E-state index is 0.142. The van der Waals surface area contributed by atoms with Gasteiger partial charge >= 0.3 is 0 Å². The van der Waals surface area contributed by atoms with E-state index >= 15 is 0 Å². The number of rotatable bonds is 7. The molecule has 2 aromatic rings. The van der Waals surface area contributed by atoms with E-state index < -0.39 is 5.60 Å². The standard InChI is InChI=1S/C29H41N3O2/c1-22-7-10-26(34-3)20-27(22)28-12-17-31(16-11-25-6-4-5-15-30-25)18-14-29(28,33)23(2)32(19-13-28)21-24-8-9-24/h4-7,10,15,20,23-24,33H,8-9,11-14,16-19,21H2,1-3H3. The number of aryl methyl sites for hydroxylation is 1. The Hall–Kier alpha value is -1.95. The van der Waals surface area contributed by atoms with E-state index in [4.69, 9.17) is 4.74 Å². The predicted octanol–water partition coefficient (Wildman–Crippen LogP) is 4.21. The molecule has 0 spiro atoms. The molecule has 34 heavy (non-hydrogen) atoms. The third-order valence-corrected chi connectivity index (χ3v) is 9.12. The highest BCUT2D eigenvalue weighted by Gasteiger charge is 2.59. The van der Waals surface area contributed by atoms with Gasteiger partial charge in [-0.1, -0.05) is 12.1 Å². The van der Waals surface area contributed by atoms with Crippen molar-refractivity contribution in [2.24, 2.45) is 5.92 Å². The first-order chi connectivity index (χ1) is 16.4. The average molecular weight is 464 g/mol. The summed E-state index contributed by atoms with van der Waals surface area (Å²) in [5.74, 6) is 1.72. The number of hydrogen-bond donors (Lipinski definition) is 1. The minimum atomic E-state index is -0.767. The van der Waals surface area contributed by atoms with Gasteiger partial charge in [0.05, 0.1) is 12.7 Å². The second-order valence-corrected chi connectivity index (χ2v) is 11.0. The molecule has 3 unspecified atom stereocenters. The molecule has 0 radical (unpaired) electrons. The van der Waals surface area contributed by atoms with Gasteiger partial charge in [0.1, 0.15) is 5.75 Å². The zero-order valence-electron chi connectivity index (χ0n) is 21.2. The lowest BCUT2D eigenvalue weighted by atomic mass is 9.57. The molecular formula is C29H41N3O2. The maximum atomic E-state index is 12.7. The monoisotopic (exact) mass is 463 g/mol. The highest BCUT2D eigenvalue weighted by Crippen LogP contribution is 2.53. The van der Waals surface area contributed by atoms with E-state index in [0.29, 0.717) is 0 Å². The van der Waals surface area contributed by atoms with Crippen LogP contribution in [0.5, 0.6) is 5.75 Å². The summed E-state index contributed by atoms with van der Waals surface area (Å²) >= 11 is 0. The number of pyridine rings is 1. The summed E-state index contributed by atoms with van der Waals surface area (Å²) in [5.41, 5.74) is 2.68. The molecule has 1 aliphatic carbocycles. The van der Waals surface area contributed by atoms with Gasteiger partial charge in [0.25, 0.3) is 0 Å². The van der Waals surface area contributed by atoms with E-state index in [9.17, 15) is 5.11 Å². The largest absolute Gasteiger partial charge is 0.497 e. The van der Waals surface area contributed by atoms with Gasteiger partial charge in [0, 0.05) is 49.4 Å². The molecule has 1 saturated carbocycles. The Kier molecular flexibility index (Phi) is 6.71. The fourth-order valence-corrected chi connectivity index (χ4v) is 6.70. The molecule has 3 fully saturated rings. The van der Waals surface area contributed by atoms with Crippen molar-refractivity contribution in [1.29, 1.82) is 0 Å². The molecule has 5 rings (SSSR count). The van der Waals surface area contributed by atoms with Crippen LogP contribution in [0.4, 0.5) is 0 Å². The molecule has 1 aromatic heterocycles. The third kappa shape index (κ3) is 4.38. The Morgan fingerprint density at radius 2 is 1.88 bits per heavy atom. The van der Waals surface area contributed by atoms with E-state index in [0.717, 1.165) is 75.8 Å². The number of aromatic nitrogens is 1. The summed E-state index contributed by atoms with van der Waals surface area (Å²) in [6.45, 7) is 9.60. The van der Waals surface area contributed by atoms with Crippen molar-refractivity contribution in [3.63, 3.8) is 0 Å². The normalized spacial score (nSPS) is 30.5. The molecule has 1 aromatic carbocycles. The molecule has 3 heterocycles. The smallest absolute Gasteiger partial charge is 0.119 e. The summed E-state index contributed by atoms with van der Waals surface area (Å²) in [5, 5.41) is 12.7. The molecule has 5 nitrogen and oxygen atoms in total. The Morgan fingerprint density at radius 1 is 1.09 bits per heavy atom. The van der Waals surface area contributed by atoms with Crippen molar-refractivity contribution in [3.8, 4) is 5.75 Å². The SMILES string of the molecule is COc1ccc(C)c(C23CCN(CCc4ccccn4)CCC2(O)C(C)N(CC2CC2)CC3)c1. The first-order valence-electron chi connectivity index (χ1n) is 13.2. The molecule has 3 aliphatic rings. The molecule has 0 amide bonds. The Bertz CT molecular complexity index is 979. The number of fused-ring (bicyclic) bond motifs is 1. The van der Waals surface area contributed by atoms with Crippen molar-refractivity contribution in [1.82, 2.24) is 14.8 Å². The van der Waals surface area contributed by atoms with Crippen LogP contribution in [0.3, 0.4) is 0 Å². The van der Waals surface area contributed by atoms with E-state index in [2.05, 4.69) is 59.0 Å². The quantitative estimate of drug-likeness (QED) is 0.667. The third-order valence-electron chi connectivity index (χ3n) is 9.12. The highest BCUT2D eigenvalue weighted by molar-refractivity contribution is 5.44. The van der Waals surface area contributed by atoms with Crippen LogP contribution >= 0.6 is 0 Å². The molecule has 0 bridgehead atoms. The van der Waals surface area contributed by atoms with Crippen LogP contribution in [0, 0.1) is 12.8 Å². The van der Waals surface area contributed by atoms with E-state index in [-0.39, 0.29) is 11.5 Å². The number of hydrogen-bond acceptors (Lipinski definition) is 5. The first kappa shape index (κ1) is 23.8. The van der Waals surface area contributed by atoms with E-state index in [1.807, 2.05) is 12.3 Å². The van der Waals surface area contributed by atoms with Gasteiger partial charge in [-0.2, -0.15) is 0 Å². The molecule has 1 N–H and O–H groups in total. The van der Waals surface area contributed by atoms with Crippen molar-refractivity contribution in [3.05, 3.63) is 59.4 Å². The maximum Gasteiger partial charge on any atom is 0.119 e. The van der Waals surface area contributed by atoms with Crippen LogP contribution in [-0.2, 0) is 11.8 Å². The molecule has 5 heteroatoms. The molecule has 3 atom stereocenters. The van der Waals surface area contributed by atoms with Crippen molar-refractivity contribution in [2.45, 2.75) is 69.4 Å². The zero-order chi connectivity index (χ0) is 23.8. The Labute approximate surface area is 205 Å². The Morgan fingerprint density at radius 3 is 2.62 bits per heavy atom. The lowest BCUT2D eigenvalue weighted by molar-refractivity contribution is -0.136. The molecular weight excluding hydrogens is 422 g/mol. The topological polar surface area (TPSA) is 48.8 Å². The van der Waals surface area contributed by atoms with Gasteiger partial charge < -0.3 is 14.7 Å². The second kappa shape index (κ2) is 9.60. The minimum Gasteiger partial charge on any atom is -0.497 e. The summed E-state index contributed by atoms with van der Waals surface area (Å²) in [7, 11) is 1.74. The van der Waals surface area contributed by atoms with Gasteiger partial charge in [0.15, 0.2) is 0 Å². The van der Waals surface area contributed by atoms with Crippen LogP contribution in [0.2, 0.25) is 0 Å². The number of likely N-dealkylation sites (tertiary alicyclic amines) is 2. The van der Waals surface area contributed by atoms with Gasteiger partial charge in [-0.15, -0.1) is 0 Å².